The molecule has 2 amide bonds. The molecule has 42 heavy (non-hydrogen) atoms. The molecule has 0 aromatic heterocycles. The van der Waals surface area contributed by atoms with Crippen molar-refractivity contribution in [2.75, 3.05) is 11.9 Å². The average Bonchev–Trinajstić information content (AvgIpc) is 2.94. The van der Waals surface area contributed by atoms with E-state index in [-0.39, 0.29) is 24.7 Å². The summed E-state index contributed by atoms with van der Waals surface area (Å²) in [6.07, 6.45) is -5.85. The van der Waals surface area contributed by atoms with Crippen LogP contribution >= 0.6 is 0 Å². The molecule has 0 radical (unpaired) electrons. The van der Waals surface area contributed by atoms with Gasteiger partial charge in [-0.15, -0.1) is 13.2 Å². The second-order valence-corrected chi connectivity index (χ2v) is 9.07. The first-order chi connectivity index (χ1) is 19.9. The molecule has 0 saturated heterocycles. The van der Waals surface area contributed by atoms with Crippen molar-refractivity contribution in [2.24, 2.45) is 0 Å². The lowest BCUT2D eigenvalue weighted by Gasteiger charge is -2.21. The van der Waals surface area contributed by atoms with Crippen LogP contribution in [0.2, 0.25) is 0 Å². The van der Waals surface area contributed by atoms with Crippen LogP contribution in [-0.2, 0) is 16.1 Å². The number of aliphatic hydroxyl groups excluding tert-OH is 1. The van der Waals surface area contributed by atoms with Gasteiger partial charge in [-0.05, 0) is 66.6 Å². The first-order valence-corrected chi connectivity index (χ1v) is 12.6. The van der Waals surface area contributed by atoms with Gasteiger partial charge in [0.25, 0.3) is 5.91 Å². The maximum atomic E-state index is 12.4. The maximum absolute atomic E-state index is 12.4. The van der Waals surface area contributed by atoms with Crippen molar-refractivity contribution in [3.05, 3.63) is 102 Å². The van der Waals surface area contributed by atoms with Crippen LogP contribution in [0.5, 0.6) is 5.75 Å². The van der Waals surface area contributed by atoms with Crippen LogP contribution in [0.25, 0.3) is 5.70 Å². The molecule has 0 aliphatic heterocycles. The molecule has 12 heteroatoms. The van der Waals surface area contributed by atoms with E-state index < -0.39 is 24.4 Å². The lowest BCUT2D eigenvalue weighted by atomic mass is 10.1. The van der Waals surface area contributed by atoms with Gasteiger partial charge in [0.2, 0.25) is 5.91 Å². The molecule has 3 aromatic carbocycles. The number of rotatable bonds is 11. The zero-order chi connectivity index (χ0) is 30.7. The Hall–Kier alpha value is -4.83. The second kappa shape index (κ2) is 14.7. The van der Waals surface area contributed by atoms with Crippen LogP contribution in [0, 0.1) is 11.8 Å². The van der Waals surface area contributed by atoms with Gasteiger partial charge in [-0.1, -0.05) is 42.7 Å². The van der Waals surface area contributed by atoms with Gasteiger partial charge in [-0.3, -0.25) is 14.8 Å². The summed E-state index contributed by atoms with van der Waals surface area (Å²) in [6.45, 7) is 5.39. The molecule has 0 aliphatic rings. The van der Waals surface area contributed by atoms with Gasteiger partial charge in [-0.2, -0.15) is 0 Å². The van der Waals surface area contributed by atoms with Crippen molar-refractivity contribution < 1.29 is 37.8 Å². The fraction of sp³-hybridized carbons (Fsp3) is 0.200. The molecule has 6 N–H and O–H groups in total. The summed E-state index contributed by atoms with van der Waals surface area (Å²) in [5.74, 6) is 4.60. The molecule has 9 nitrogen and oxygen atoms in total. The van der Waals surface area contributed by atoms with Gasteiger partial charge >= 0.3 is 6.36 Å². The number of hydrogen-bond acceptors (Lipinski definition) is 7. The summed E-state index contributed by atoms with van der Waals surface area (Å²) < 4.78 is 41.0. The Morgan fingerprint density at radius 2 is 1.62 bits per heavy atom. The molecule has 220 valence electrons. The number of aliphatic hydroxyl groups is 1. The molecule has 0 unspecified atom stereocenters. The standard InChI is InChI=1S/C30H29F3N4O5/c1-19(35-28(20(2)38)29(40)37-41)24-12-8-21(9-13-24)6-7-22-10-14-25(15-11-22)36-27(39)18-34-17-23-4-3-5-26(16-23)42-30(31,32)33/h3-5,8-16,20,28,34-35,38,41H,1,17-18H2,2H3,(H,36,39)(H,37,40)/t20-,28+/m1/s1. The van der Waals surface area contributed by atoms with Gasteiger partial charge in [0, 0.05) is 29.1 Å². The molecule has 3 aromatic rings. The third kappa shape index (κ3) is 10.3. The Morgan fingerprint density at radius 1 is 1.00 bits per heavy atom. The number of hydrogen-bond donors (Lipinski definition) is 6. The number of carbonyl (C=O) groups is 2. The van der Waals surface area contributed by atoms with Crippen molar-refractivity contribution in [3.63, 3.8) is 0 Å². The van der Waals surface area contributed by atoms with E-state index in [0.29, 0.717) is 33.6 Å². The largest absolute Gasteiger partial charge is 0.573 e. The first kappa shape index (κ1) is 31.7. The summed E-state index contributed by atoms with van der Waals surface area (Å²) in [5.41, 5.74) is 5.04. The monoisotopic (exact) mass is 582 g/mol. The molecular formula is C30H29F3N4O5. The van der Waals surface area contributed by atoms with Crippen molar-refractivity contribution >= 4 is 23.2 Å². The van der Waals surface area contributed by atoms with E-state index in [1.54, 1.807) is 54.6 Å². The van der Waals surface area contributed by atoms with Crippen molar-refractivity contribution in [3.8, 4) is 17.6 Å². The average molecular weight is 583 g/mol. The van der Waals surface area contributed by atoms with E-state index in [9.17, 15) is 27.9 Å². The Balaban J connectivity index is 1.48. The molecule has 0 fully saturated rings. The SMILES string of the molecule is C=C(N[C@H](C(=O)NO)[C@@H](C)O)c1ccc(C#Cc2ccc(NC(=O)CNCc3cccc(OC(F)(F)F)c3)cc2)cc1. The summed E-state index contributed by atoms with van der Waals surface area (Å²) in [7, 11) is 0. The van der Waals surface area contributed by atoms with Gasteiger partial charge in [-0.25, -0.2) is 5.48 Å². The number of alkyl halides is 3. The van der Waals surface area contributed by atoms with Gasteiger partial charge in [0.15, 0.2) is 0 Å². The number of nitrogens with one attached hydrogen (secondary N) is 4. The van der Waals surface area contributed by atoms with E-state index in [1.165, 1.54) is 30.6 Å². The summed E-state index contributed by atoms with van der Waals surface area (Å²) in [6, 6.07) is 18.3. The van der Waals surface area contributed by atoms with Crippen LogP contribution < -0.4 is 26.2 Å². The Bertz CT molecular complexity index is 1450. The lowest BCUT2D eigenvalue weighted by Crippen LogP contribution is -2.48. The highest BCUT2D eigenvalue weighted by molar-refractivity contribution is 5.92. The van der Waals surface area contributed by atoms with E-state index in [4.69, 9.17) is 5.21 Å². The Morgan fingerprint density at radius 3 is 2.19 bits per heavy atom. The Kier molecular flexibility index (Phi) is 11.1. The molecule has 0 bridgehead atoms. The zero-order valence-corrected chi connectivity index (χ0v) is 22.5. The van der Waals surface area contributed by atoms with Crippen LogP contribution in [0.4, 0.5) is 18.9 Å². The van der Waals surface area contributed by atoms with Crippen LogP contribution in [0.15, 0.2) is 79.4 Å². The van der Waals surface area contributed by atoms with Crippen LogP contribution in [-0.4, -0.2) is 47.2 Å². The number of anilines is 1. The lowest BCUT2D eigenvalue weighted by molar-refractivity contribution is -0.274. The molecule has 0 spiro atoms. The van der Waals surface area contributed by atoms with Crippen molar-refractivity contribution in [1.82, 2.24) is 16.1 Å². The van der Waals surface area contributed by atoms with E-state index in [2.05, 4.69) is 39.1 Å². The van der Waals surface area contributed by atoms with E-state index in [1.807, 2.05) is 0 Å². The van der Waals surface area contributed by atoms with Crippen molar-refractivity contribution in [1.29, 1.82) is 0 Å². The zero-order valence-electron chi connectivity index (χ0n) is 22.5. The fourth-order valence-electron chi connectivity index (χ4n) is 3.66. The highest BCUT2D eigenvalue weighted by Gasteiger charge is 2.31. The first-order valence-electron chi connectivity index (χ1n) is 12.6. The number of hydroxylamine groups is 1. The van der Waals surface area contributed by atoms with E-state index >= 15 is 0 Å². The van der Waals surface area contributed by atoms with Gasteiger partial charge < -0.3 is 25.8 Å². The minimum atomic E-state index is -4.78. The quantitative estimate of drug-likeness (QED) is 0.116. The number of carbonyl (C=O) groups excluding carboxylic acids is 2. The maximum Gasteiger partial charge on any atom is 0.573 e. The van der Waals surface area contributed by atoms with Crippen molar-refractivity contribution in [2.45, 2.75) is 32.0 Å². The van der Waals surface area contributed by atoms with Crippen LogP contribution in [0.1, 0.15) is 29.2 Å². The number of ether oxygens (including phenoxy) is 1. The predicted octanol–water partition coefficient (Wildman–Crippen LogP) is 3.53. The number of amides is 2. The third-order valence-electron chi connectivity index (χ3n) is 5.70. The minimum absolute atomic E-state index is 0.0574. The summed E-state index contributed by atoms with van der Waals surface area (Å²) >= 11 is 0. The highest BCUT2D eigenvalue weighted by Crippen LogP contribution is 2.23. The highest BCUT2D eigenvalue weighted by atomic mass is 19.4. The van der Waals surface area contributed by atoms with E-state index in [0.717, 1.165) is 0 Å². The molecular weight excluding hydrogens is 553 g/mol. The predicted molar refractivity (Wildman–Crippen MR) is 150 cm³/mol. The third-order valence-corrected chi connectivity index (χ3v) is 5.70. The second-order valence-electron chi connectivity index (χ2n) is 9.07. The topological polar surface area (TPSA) is 132 Å². The molecule has 0 saturated carbocycles. The molecule has 3 rings (SSSR count). The Labute approximate surface area is 240 Å². The normalized spacial score (nSPS) is 12.2. The van der Waals surface area contributed by atoms with Crippen LogP contribution in [0.3, 0.4) is 0 Å². The minimum Gasteiger partial charge on any atom is -0.406 e. The summed E-state index contributed by atoms with van der Waals surface area (Å²) in [4.78, 5) is 23.9. The molecule has 2 atom stereocenters. The van der Waals surface area contributed by atoms with Gasteiger partial charge in [0.1, 0.15) is 11.8 Å². The fourth-order valence-corrected chi connectivity index (χ4v) is 3.66. The smallest absolute Gasteiger partial charge is 0.406 e. The molecule has 0 heterocycles. The molecule has 0 aliphatic carbocycles. The summed E-state index contributed by atoms with van der Waals surface area (Å²) in [5, 5.41) is 27.0. The van der Waals surface area contributed by atoms with Gasteiger partial charge in [0.05, 0.1) is 12.6 Å². The number of benzene rings is 3. The number of halogens is 3.